The summed E-state index contributed by atoms with van der Waals surface area (Å²) in [5.41, 5.74) is 4.66. The minimum atomic E-state index is 0.720. The summed E-state index contributed by atoms with van der Waals surface area (Å²) in [6.45, 7) is 6.53. The molecule has 4 nitrogen and oxygen atoms in total. The Morgan fingerprint density at radius 1 is 1.26 bits per heavy atom. The lowest BCUT2D eigenvalue weighted by molar-refractivity contribution is 0.199. The van der Waals surface area contributed by atoms with Gasteiger partial charge in [0.25, 0.3) is 0 Å². The summed E-state index contributed by atoms with van der Waals surface area (Å²) in [5, 5.41) is 7.89. The Balaban J connectivity index is 2.06. The van der Waals surface area contributed by atoms with Gasteiger partial charge < -0.3 is 10.1 Å². The normalized spacial score (nSPS) is 10.9. The second-order valence-electron chi connectivity index (χ2n) is 4.71. The maximum Gasteiger partial charge on any atom is 0.0766 e. The Hall–Kier alpha value is -1.65. The second-order valence-corrected chi connectivity index (χ2v) is 4.71. The maximum atomic E-state index is 5.00. The summed E-state index contributed by atoms with van der Waals surface area (Å²) < 4.78 is 6.94. The molecule has 2 rings (SSSR count). The fourth-order valence-corrected chi connectivity index (χ4v) is 1.95. The third kappa shape index (κ3) is 3.66. The molecular formula is C15H21N3O. The van der Waals surface area contributed by atoms with Gasteiger partial charge in [-0.15, -0.1) is 0 Å². The van der Waals surface area contributed by atoms with Gasteiger partial charge in [0.15, 0.2) is 0 Å². The molecule has 102 valence electrons. The van der Waals surface area contributed by atoms with Crippen LogP contribution in [-0.4, -0.2) is 30.0 Å². The lowest BCUT2D eigenvalue weighted by Gasteiger charge is -2.07. The molecule has 1 N–H and O–H groups in total. The first-order valence-corrected chi connectivity index (χ1v) is 6.52. The predicted octanol–water partition coefficient (Wildman–Crippen LogP) is 2.23. The highest BCUT2D eigenvalue weighted by atomic mass is 16.5. The van der Waals surface area contributed by atoms with Crippen molar-refractivity contribution in [1.82, 2.24) is 15.1 Å². The summed E-state index contributed by atoms with van der Waals surface area (Å²) in [6, 6.07) is 8.45. The first-order chi connectivity index (χ1) is 9.20. The second kappa shape index (κ2) is 6.50. The van der Waals surface area contributed by atoms with Crippen LogP contribution in [0.4, 0.5) is 0 Å². The molecule has 19 heavy (non-hydrogen) atoms. The zero-order valence-corrected chi connectivity index (χ0v) is 11.8. The Labute approximate surface area is 114 Å². The SMILES string of the molecule is COCCNCc1ccn(-c2cc(C)ccc2C)n1. The largest absolute Gasteiger partial charge is 0.383 e. The number of nitrogens with one attached hydrogen (secondary N) is 1. The van der Waals surface area contributed by atoms with Crippen LogP contribution in [0.1, 0.15) is 16.8 Å². The Morgan fingerprint density at radius 2 is 2.11 bits per heavy atom. The molecule has 0 saturated heterocycles. The standard InChI is InChI=1S/C15H21N3O/c1-12-4-5-13(2)15(10-12)18-8-6-14(17-18)11-16-7-9-19-3/h4-6,8,10,16H,7,9,11H2,1-3H3. The van der Waals surface area contributed by atoms with Gasteiger partial charge in [0.05, 0.1) is 18.0 Å². The average molecular weight is 259 g/mol. The van der Waals surface area contributed by atoms with E-state index in [4.69, 9.17) is 4.74 Å². The van der Waals surface area contributed by atoms with Crippen LogP contribution in [-0.2, 0) is 11.3 Å². The van der Waals surface area contributed by atoms with E-state index in [1.807, 2.05) is 16.9 Å². The number of hydrogen-bond acceptors (Lipinski definition) is 3. The first kappa shape index (κ1) is 13.8. The summed E-state index contributed by atoms with van der Waals surface area (Å²) >= 11 is 0. The molecule has 0 radical (unpaired) electrons. The molecule has 0 spiro atoms. The molecule has 0 aliphatic heterocycles. The molecule has 0 atom stereocenters. The number of nitrogens with zero attached hydrogens (tertiary/aromatic N) is 2. The van der Waals surface area contributed by atoms with Gasteiger partial charge in [0.1, 0.15) is 0 Å². The van der Waals surface area contributed by atoms with Crippen LogP contribution < -0.4 is 5.32 Å². The predicted molar refractivity (Wildman–Crippen MR) is 76.6 cm³/mol. The Kier molecular flexibility index (Phi) is 4.71. The highest BCUT2D eigenvalue weighted by Gasteiger charge is 2.04. The van der Waals surface area contributed by atoms with E-state index in [0.717, 1.165) is 31.1 Å². The van der Waals surface area contributed by atoms with Gasteiger partial charge in [-0.1, -0.05) is 12.1 Å². The third-order valence-corrected chi connectivity index (χ3v) is 3.04. The molecule has 0 amide bonds. The third-order valence-electron chi connectivity index (χ3n) is 3.04. The van der Waals surface area contributed by atoms with Crippen molar-refractivity contribution in [1.29, 1.82) is 0 Å². The minimum absolute atomic E-state index is 0.720. The zero-order valence-electron chi connectivity index (χ0n) is 11.8. The van der Waals surface area contributed by atoms with E-state index in [2.05, 4.69) is 42.5 Å². The van der Waals surface area contributed by atoms with E-state index >= 15 is 0 Å². The van der Waals surface area contributed by atoms with Crippen molar-refractivity contribution in [2.75, 3.05) is 20.3 Å². The molecule has 0 bridgehead atoms. The average Bonchev–Trinajstić information content (AvgIpc) is 2.86. The number of ether oxygens (including phenoxy) is 1. The van der Waals surface area contributed by atoms with Gasteiger partial charge in [0, 0.05) is 26.4 Å². The van der Waals surface area contributed by atoms with Gasteiger partial charge >= 0.3 is 0 Å². The van der Waals surface area contributed by atoms with Crippen molar-refractivity contribution in [3.63, 3.8) is 0 Å². The number of aromatic nitrogens is 2. The van der Waals surface area contributed by atoms with E-state index in [-0.39, 0.29) is 0 Å². The van der Waals surface area contributed by atoms with E-state index < -0.39 is 0 Å². The van der Waals surface area contributed by atoms with E-state index in [1.54, 1.807) is 7.11 Å². The summed E-state index contributed by atoms with van der Waals surface area (Å²) in [5.74, 6) is 0. The topological polar surface area (TPSA) is 39.1 Å². The summed E-state index contributed by atoms with van der Waals surface area (Å²) in [7, 11) is 1.71. The van der Waals surface area contributed by atoms with Crippen molar-refractivity contribution >= 4 is 0 Å². The van der Waals surface area contributed by atoms with Crippen LogP contribution in [0.15, 0.2) is 30.5 Å². The van der Waals surface area contributed by atoms with E-state index in [1.165, 1.54) is 11.1 Å². The molecule has 0 fully saturated rings. The van der Waals surface area contributed by atoms with Crippen LogP contribution in [0, 0.1) is 13.8 Å². The van der Waals surface area contributed by atoms with E-state index in [9.17, 15) is 0 Å². The van der Waals surface area contributed by atoms with Crippen molar-refractivity contribution in [2.45, 2.75) is 20.4 Å². The molecule has 0 unspecified atom stereocenters. The molecule has 1 aromatic carbocycles. The number of rotatable bonds is 6. The Morgan fingerprint density at radius 3 is 2.89 bits per heavy atom. The zero-order chi connectivity index (χ0) is 13.7. The minimum Gasteiger partial charge on any atom is -0.383 e. The first-order valence-electron chi connectivity index (χ1n) is 6.52. The molecule has 0 saturated carbocycles. The summed E-state index contributed by atoms with van der Waals surface area (Å²) in [6.07, 6.45) is 2.01. The van der Waals surface area contributed by atoms with Crippen molar-refractivity contribution in [3.05, 3.63) is 47.3 Å². The van der Waals surface area contributed by atoms with Gasteiger partial charge in [0.2, 0.25) is 0 Å². The number of methoxy groups -OCH3 is 1. The molecule has 4 heteroatoms. The van der Waals surface area contributed by atoms with Gasteiger partial charge in [-0.05, 0) is 37.1 Å². The Bertz CT molecular complexity index is 534. The van der Waals surface area contributed by atoms with Crippen LogP contribution in [0.25, 0.3) is 5.69 Å². The molecule has 0 aliphatic rings. The van der Waals surface area contributed by atoms with E-state index in [0.29, 0.717) is 0 Å². The van der Waals surface area contributed by atoms with Crippen LogP contribution in [0.2, 0.25) is 0 Å². The molecule has 1 aromatic heterocycles. The highest BCUT2D eigenvalue weighted by molar-refractivity contribution is 5.42. The summed E-state index contributed by atoms with van der Waals surface area (Å²) in [4.78, 5) is 0. The van der Waals surface area contributed by atoms with Gasteiger partial charge in [-0.25, -0.2) is 4.68 Å². The fourth-order valence-electron chi connectivity index (χ4n) is 1.95. The fraction of sp³-hybridized carbons (Fsp3) is 0.400. The smallest absolute Gasteiger partial charge is 0.0766 e. The lowest BCUT2D eigenvalue weighted by Crippen LogP contribution is -2.18. The number of aryl methyl sites for hydroxylation is 2. The van der Waals surface area contributed by atoms with Crippen molar-refractivity contribution in [2.24, 2.45) is 0 Å². The number of hydrogen-bond donors (Lipinski definition) is 1. The van der Waals surface area contributed by atoms with Crippen LogP contribution in [0.3, 0.4) is 0 Å². The van der Waals surface area contributed by atoms with Crippen molar-refractivity contribution in [3.8, 4) is 5.69 Å². The van der Waals surface area contributed by atoms with Gasteiger partial charge in [-0.3, -0.25) is 0 Å². The molecule has 0 aliphatic carbocycles. The van der Waals surface area contributed by atoms with Crippen LogP contribution >= 0.6 is 0 Å². The van der Waals surface area contributed by atoms with Crippen molar-refractivity contribution < 1.29 is 4.74 Å². The lowest BCUT2D eigenvalue weighted by atomic mass is 10.1. The molecular weight excluding hydrogens is 238 g/mol. The molecule has 1 heterocycles. The van der Waals surface area contributed by atoms with Crippen LogP contribution in [0.5, 0.6) is 0 Å². The number of benzene rings is 1. The van der Waals surface area contributed by atoms with Gasteiger partial charge in [-0.2, -0.15) is 5.10 Å². The quantitative estimate of drug-likeness (QED) is 0.809. The maximum absolute atomic E-state index is 5.00. The molecule has 2 aromatic rings. The highest BCUT2D eigenvalue weighted by Crippen LogP contribution is 2.15. The monoisotopic (exact) mass is 259 g/mol.